The van der Waals surface area contributed by atoms with Gasteiger partial charge in [0.2, 0.25) is 5.91 Å². The van der Waals surface area contributed by atoms with Crippen molar-refractivity contribution in [3.05, 3.63) is 58.1 Å². The van der Waals surface area contributed by atoms with Gasteiger partial charge in [0, 0.05) is 11.6 Å². The van der Waals surface area contributed by atoms with E-state index in [9.17, 15) is 19.7 Å². The number of rotatable bonds is 4. The number of hydrogen-bond acceptors (Lipinski definition) is 5. The highest BCUT2D eigenvalue weighted by molar-refractivity contribution is 6.06. The average molecular weight is 355 g/mol. The Bertz CT molecular complexity index is 907. The van der Waals surface area contributed by atoms with Crippen LogP contribution in [0.15, 0.2) is 42.5 Å². The van der Waals surface area contributed by atoms with Gasteiger partial charge in [-0.05, 0) is 26.0 Å². The summed E-state index contributed by atoms with van der Waals surface area (Å²) in [6, 6.07) is 11.1. The molecule has 2 amide bonds. The summed E-state index contributed by atoms with van der Waals surface area (Å²) in [6.07, 6.45) is -0.166. The molecule has 0 aliphatic carbocycles. The van der Waals surface area contributed by atoms with Gasteiger partial charge in [-0.15, -0.1) is 0 Å². The zero-order chi connectivity index (χ0) is 18.9. The number of anilines is 2. The molecule has 0 spiro atoms. The lowest BCUT2D eigenvalue weighted by Crippen LogP contribution is -2.45. The Balaban J connectivity index is 1.82. The number of fused-ring (bicyclic) bond motifs is 1. The second-order valence-electron chi connectivity index (χ2n) is 6.36. The molecule has 2 aromatic rings. The minimum Gasteiger partial charge on any atom is -0.476 e. The molecule has 1 aliphatic rings. The molecule has 0 saturated carbocycles. The van der Waals surface area contributed by atoms with E-state index < -0.39 is 16.4 Å². The quantitative estimate of drug-likeness (QED) is 0.647. The summed E-state index contributed by atoms with van der Waals surface area (Å²) in [5.41, 5.74) is -0.0830. The van der Waals surface area contributed by atoms with E-state index >= 15 is 0 Å². The molecule has 0 bridgehead atoms. The van der Waals surface area contributed by atoms with Crippen LogP contribution < -0.4 is 15.4 Å². The molecule has 8 nitrogen and oxygen atoms in total. The molecule has 0 fully saturated rings. The van der Waals surface area contributed by atoms with E-state index in [4.69, 9.17) is 4.74 Å². The molecule has 2 aromatic carbocycles. The van der Waals surface area contributed by atoms with Crippen LogP contribution in [0.25, 0.3) is 0 Å². The van der Waals surface area contributed by atoms with E-state index in [0.717, 1.165) is 0 Å². The molecule has 1 aliphatic heterocycles. The van der Waals surface area contributed by atoms with Gasteiger partial charge in [-0.25, -0.2) is 0 Å². The van der Waals surface area contributed by atoms with Crippen LogP contribution in [0.4, 0.5) is 17.1 Å². The van der Waals surface area contributed by atoms with Gasteiger partial charge < -0.3 is 15.4 Å². The number of para-hydroxylation sites is 2. The molecule has 0 unspecified atom stereocenters. The van der Waals surface area contributed by atoms with Crippen LogP contribution in [-0.4, -0.2) is 22.3 Å². The third kappa shape index (κ3) is 3.34. The van der Waals surface area contributed by atoms with Gasteiger partial charge in [0.05, 0.1) is 17.0 Å². The van der Waals surface area contributed by atoms with Gasteiger partial charge in [0.25, 0.3) is 11.6 Å². The smallest absolute Gasteiger partial charge is 0.273 e. The van der Waals surface area contributed by atoms with Gasteiger partial charge in [0.1, 0.15) is 11.4 Å². The molecule has 8 heteroatoms. The zero-order valence-electron chi connectivity index (χ0n) is 14.2. The molecular weight excluding hydrogens is 338 g/mol. The lowest BCUT2D eigenvalue weighted by Gasteiger charge is -2.32. The first-order valence-electron chi connectivity index (χ1n) is 7.93. The predicted molar refractivity (Wildman–Crippen MR) is 95.2 cm³/mol. The number of amides is 2. The Labute approximate surface area is 149 Å². The van der Waals surface area contributed by atoms with Gasteiger partial charge in [0.15, 0.2) is 5.60 Å². The number of hydrogen-bond donors (Lipinski definition) is 2. The van der Waals surface area contributed by atoms with Crippen molar-refractivity contribution < 1.29 is 19.2 Å². The Morgan fingerprint density at radius 2 is 1.96 bits per heavy atom. The van der Waals surface area contributed by atoms with Crippen molar-refractivity contribution in [3.8, 4) is 5.75 Å². The van der Waals surface area contributed by atoms with Crippen LogP contribution in [0.2, 0.25) is 0 Å². The molecule has 26 heavy (non-hydrogen) atoms. The van der Waals surface area contributed by atoms with Crippen LogP contribution in [0.5, 0.6) is 5.75 Å². The highest BCUT2D eigenvalue weighted by Crippen LogP contribution is 2.39. The third-order valence-electron chi connectivity index (χ3n) is 3.99. The fourth-order valence-corrected chi connectivity index (χ4v) is 2.64. The Hall–Kier alpha value is -3.42. The average Bonchev–Trinajstić information content (AvgIpc) is 2.56. The van der Waals surface area contributed by atoms with Gasteiger partial charge in [-0.2, -0.15) is 0 Å². The molecule has 0 radical (unpaired) electrons. The SMILES string of the molecule is CC1(C)Oc2cccc(NC(=O)Cc3ccccc3[N+](=O)[O-])c2NC1=O. The maximum absolute atomic E-state index is 12.4. The van der Waals surface area contributed by atoms with Crippen LogP contribution in [0.1, 0.15) is 19.4 Å². The number of ether oxygens (including phenoxy) is 1. The fourth-order valence-electron chi connectivity index (χ4n) is 2.64. The number of carbonyl (C=O) groups excluding carboxylic acids is 2. The minimum absolute atomic E-state index is 0.115. The number of benzene rings is 2. The third-order valence-corrected chi connectivity index (χ3v) is 3.99. The maximum Gasteiger partial charge on any atom is 0.273 e. The van der Waals surface area contributed by atoms with Crippen LogP contribution in [0.3, 0.4) is 0 Å². The Kier molecular flexibility index (Phi) is 4.33. The first-order chi connectivity index (χ1) is 12.3. The topological polar surface area (TPSA) is 111 Å². The molecule has 0 saturated heterocycles. The molecule has 0 atom stereocenters. The van der Waals surface area contributed by atoms with Crippen LogP contribution in [0, 0.1) is 10.1 Å². The van der Waals surface area contributed by atoms with E-state index in [1.165, 1.54) is 12.1 Å². The van der Waals surface area contributed by atoms with Gasteiger partial charge >= 0.3 is 0 Å². The molecule has 1 heterocycles. The van der Waals surface area contributed by atoms with Crippen LogP contribution >= 0.6 is 0 Å². The monoisotopic (exact) mass is 355 g/mol. The fraction of sp³-hybridized carbons (Fsp3) is 0.222. The summed E-state index contributed by atoms with van der Waals surface area (Å²) in [6.45, 7) is 3.29. The first-order valence-corrected chi connectivity index (χ1v) is 7.93. The van der Waals surface area contributed by atoms with Crippen molar-refractivity contribution in [2.45, 2.75) is 25.9 Å². The first kappa shape index (κ1) is 17.4. The number of nitrogens with one attached hydrogen (secondary N) is 2. The van der Waals surface area contributed by atoms with Crippen LogP contribution in [-0.2, 0) is 16.0 Å². The number of nitro groups is 1. The van der Waals surface area contributed by atoms with E-state index in [-0.39, 0.29) is 18.0 Å². The molecule has 0 aromatic heterocycles. The second-order valence-corrected chi connectivity index (χ2v) is 6.36. The Morgan fingerprint density at radius 1 is 1.23 bits per heavy atom. The zero-order valence-corrected chi connectivity index (χ0v) is 14.2. The number of carbonyl (C=O) groups is 2. The van der Waals surface area contributed by atoms with E-state index in [0.29, 0.717) is 22.7 Å². The molecule has 134 valence electrons. The van der Waals surface area contributed by atoms with E-state index in [2.05, 4.69) is 10.6 Å². The molecular formula is C18H17N3O5. The largest absolute Gasteiger partial charge is 0.476 e. The van der Waals surface area contributed by atoms with Crippen molar-refractivity contribution in [2.75, 3.05) is 10.6 Å². The highest BCUT2D eigenvalue weighted by Gasteiger charge is 2.36. The van der Waals surface area contributed by atoms with E-state index in [1.54, 1.807) is 44.2 Å². The van der Waals surface area contributed by atoms with Gasteiger partial charge in [-0.1, -0.05) is 24.3 Å². The summed E-state index contributed by atoms with van der Waals surface area (Å²) in [5.74, 6) is -0.324. The lowest BCUT2D eigenvalue weighted by atomic mass is 10.1. The summed E-state index contributed by atoms with van der Waals surface area (Å²) in [7, 11) is 0. The number of nitrogens with zero attached hydrogens (tertiary/aromatic N) is 1. The van der Waals surface area contributed by atoms with Crippen molar-refractivity contribution in [1.29, 1.82) is 0 Å². The highest BCUT2D eigenvalue weighted by atomic mass is 16.6. The standard InChI is InChI=1S/C18H17N3O5/c1-18(2)17(23)20-16-12(7-5-9-14(16)26-18)19-15(22)10-11-6-3-4-8-13(11)21(24)25/h3-9H,10H2,1-2H3,(H,19,22)(H,20,23). The maximum atomic E-state index is 12.4. The second kappa shape index (κ2) is 6.47. The van der Waals surface area contributed by atoms with Gasteiger partial charge in [-0.3, -0.25) is 19.7 Å². The molecule has 3 rings (SSSR count). The summed E-state index contributed by atoms with van der Waals surface area (Å²) in [4.78, 5) is 35.0. The van der Waals surface area contributed by atoms with Crippen molar-refractivity contribution >= 4 is 28.9 Å². The predicted octanol–water partition coefficient (Wildman–Crippen LogP) is 2.89. The normalized spacial score (nSPS) is 14.6. The number of nitro benzene ring substituents is 1. The minimum atomic E-state index is -1.01. The van der Waals surface area contributed by atoms with E-state index in [1.807, 2.05) is 0 Å². The Morgan fingerprint density at radius 3 is 2.69 bits per heavy atom. The summed E-state index contributed by atoms with van der Waals surface area (Å²) < 4.78 is 5.67. The lowest BCUT2D eigenvalue weighted by molar-refractivity contribution is -0.385. The summed E-state index contributed by atoms with van der Waals surface area (Å²) >= 11 is 0. The van der Waals surface area contributed by atoms with Crippen molar-refractivity contribution in [1.82, 2.24) is 0 Å². The summed E-state index contributed by atoms with van der Waals surface area (Å²) in [5, 5.41) is 16.5. The van der Waals surface area contributed by atoms with Crippen molar-refractivity contribution in [2.24, 2.45) is 0 Å². The van der Waals surface area contributed by atoms with Crippen molar-refractivity contribution in [3.63, 3.8) is 0 Å². The molecule has 2 N–H and O–H groups in total.